The van der Waals surface area contributed by atoms with Crippen LogP contribution in [0.3, 0.4) is 0 Å². The SMILES string of the molecule is O=C(Nc1nn[nH]n1)c1ccc(C(Nc2nc(-c3ccc(OC(F)(F)F)cc3)cs2)c2ccc(Cl)cc2)cc1. The standard InChI is InChI=1S/C25H17ClF3N7O2S/c26-18-9-5-16(6-10-18)21(15-1-3-17(4-2-15)22(37)32-23-33-35-36-34-23)31-24-30-20(13-39-24)14-7-11-19(12-8-14)38-25(27,28)29/h1-13,21H,(H,30,31)(H2,32,33,34,35,36,37). The first kappa shape index (κ1) is 26.1. The molecular formula is C25H17ClF3N7O2S. The number of carbonyl (C=O) groups excluding carboxylic acids is 1. The number of aromatic nitrogens is 5. The molecule has 1 unspecified atom stereocenters. The van der Waals surface area contributed by atoms with Crippen LogP contribution >= 0.6 is 22.9 Å². The van der Waals surface area contributed by atoms with Crippen LogP contribution in [0.2, 0.25) is 5.02 Å². The Morgan fingerprint density at radius 1 is 0.974 bits per heavy atom. The van der Waals surface area contributed by atoms with Gasteiger partial charge in [0.05, 0.1) is 11.7 Å². The molecule has 2 aromatic heterocycles. The molecule has 0 spiro atoms. The zero-order valence-corrected chi connectivity index (χ0v) is 21.2. The number of nitrogens with zero attached hydrogens (tertiary/aromatic N) is 4. The largest absolute Gasteiger partial charge is 0.573 e. The smallest absolute Gasteiger partial charge is 0.406 e. The Morgan fingerprint density at radius 2 is 1.64 bits per heavy atom. The molecule has 0 saturated heterocycles. The fourth-order valence-electron chi connectivity index (χ4n) is 3.65. The molecule has 5 rings (SSSR count). The van der Waals surface area contributed by atoms with Crippen LogP contribution in [-0.2, 0) is 0 Å². The summed E-state index contributed by atoms with van der Waals surface area (Å²) in [6, 6.07) is 19.4. The molecule has 5 aromatic rings. The van der Waals surface area contributed by atoms with E-state index in [9.17, 15) is 18.0 Å². The molecule has 0 saturated carbocycles. The van der Waals surface area contributed by atoms with Crippen LogP contribution in [-0.4, -0.2) is 37.9 Å². The van der Waals surface area contributed by atoms with Gasteiger partial charge in [0.2, 0.25) is 0 Å². The highest BCUT2D eigenvalue weighted by atomic mass is 35.5. The van der Waals surface area contributed by atoms with Gasteiger partial charge in [-0.2, -0.15) is 5.21 Å². The first-order valence-electron chi connectivity index (χ1n) is 11.2. The van der Waals surface area contributed by atoms with Gasteiger partial charge in [-0.25, -0.2) is 4.98 Å². The molecule has 14 heteroatoms. The number of hydrogen-bond donors (Lipinski definition) is 3. The number of tetrazole rings is 1. The van der Waals surface area contributed by atoms with Crippen LogP contribution in [0.15, 0.2) is 78.2 Å². The summed E-state index contributed by atoms with van der Waals surface area (Å²) in [7, 11) is 0. The van der Waals surface area contributed by atoms with Crippen LogP contribution < -0.4 is 15.4 Å². The lowest BCUT2D eigenvalue weighted by atomic mass is 9.97. The Bertz CT molecular complexity index is 1540. The molecule has 3 aromatic carbocycles. The minimum Gasteiger partial charge on any atom is -0.406 e. The molecule has 1 amide bonds. The quantitative estimate of drug-likeness (QED) is 0.199. The summed E-state index contributed by atoms with van der Waals surface area (Å²) in [5.41, 5.74) is 3.36. The van der Waals surface area contributed by atoms with Crippen LogP contribution in [0.5, 0.6) is 5.75 Å². The molecule has 0 aliphatic carbocycles. The van der Waals surface area contributed by atoms with Crippen molar-refractivity contribution in [3.05, 3.63) is 99.9 Å². The van der Waals surface area contributed by atoms with E-state index in [-0.39, 0.29) is 17.7 Å². The summed E-state index contributed by atoms with van der Waals surface area (Å²) in [6.45, 7) is 0. The van der Waals surface area contributed by atoms with Crippen molar-refractivity contribution >= 4 is 39.9 Å². The summed E-state index contributed by atoms with van der Waals surface area (Å²) >= 11 is 7.43. The summed E-state index contributed by atoms with van der Waals surface area (Å²) in [4.78, 5) is 17.1. The Balaban J connectivity index is 1.36. The van der Waals surface area contributed by atoms with E-state index in [1.165, 1.54) is 35.6 Å². The number of hydrogen-bond acceptors (Lipinski definition) is 8. The summed E-state index contributed by atoms with van der Waals surface area (Å²) < 4.78 is 41.3. The zero-order chi connectivity index (χ0) is 27.4. The van der Waals surface area contributed by atoms with Crippen LogP contribution in [0.1, 0.15) is 27.5 Å². The third kappa shape index (κ3) is 6.69. The van der Waals surface area contributed by atoms with Gasteiger partial charge in [0, 0.05) is 21.5 Å². The van der Waals surface area contributed by atoms with Crippen molar-refractivity contribution in [1.82, 2.24) is 25.6 Å². The number of benzene rings is 3. The Labute approximate surface area is 228 Å². The number of nitrogens with one attached hydrogen (secondary N) is 3. The maximum Gasteiger partial charge on any atom is 0.573 e. The second-order valence-electron chi connectivity index (χ2n) is 8.05. The van der Waals surface area contributed by atoms with Crippen molar-refractivity contribution in [1.29, 1.82) is 0 Å². The molecule has 0 bridgehead atoms. The van der Waals surface area contributed by atoms with Crippen molar-refractivity contribution in [2.45, 2.75) is 12.4 Å². The second kappa shape index (κ2) is 11.1. The van der Waals surface area contributed by atoms with Gasteiger partial charge in [0.25, 0.3) is 11.9 Å². The average Bonchev–Trinajstić information content (AvgIpc) is 3.60. The van der Waals surface area contributed by atoms with Crippen LogP contribution in [0.4, 0.5) is 24.3 Å². The molecule has 0 aliphatic heterocycles. The van der Waals surface area contributed by atoms with Crippen molar-refractivity contribution < 1.29 is 22.7 Å². The fourth-order valence-corrected chi connectivity index (χ4v) is 4.53. The normalized spacial score (nSPS) is 12.1. The Morgan fingerprint density at radius 3 is 2.26 bits per heavy atom. The van der Waals surface area contributed by atoms with E-state index in [0.29, 0.717) is 27.0 Å². The number of ether oxygens (including phenoxy) is 1. The minimum atomic E-state index is -4.76. The van der Waals surface area contributed by atoms with E-state index in [4.69, 9.17) is 11.6 Å². The topological polar surface area (TPSA) is 118 Å². The molecule has 39 heavy (non-hydrogen) atoms. The maximum absolute atomic E-state index is 12.5. The lowest BCUT2D eigenvalue weighted by molar-refractivity contribution is -0.274. The van der Waals surface area contributed by atoms with E-state index in [2.05, 4.69) is 41.0 Å². The number of thiazole rings is 1. The number of halogens is 4. The van der Waals surface area contributed by atoms with E-state index in [1.54, 1.807) is 29.6 Å². The molecule has 0 fully saturated rings. The molecule has 2 heterocycles. The summed E-state index contributed by atoms with van der Waals surface area (Å²) in [6.07, 6.45) is -4.76. The average molecular weight is 572 g/mol. The predicted octanol–water partition coefficient (Wildman–Crippen LogP) is 6.33. The third-order valence-electron chi connectivity index (χ3n) is 5.44. The molecule has 3 N–H and O–H groups in total. The number of H-pyrrole nitrogens is 1. The van der Waals surface area contributed by atoms with E-state index >= 15 is 0 Å². The first-order valence-corrected chi connectivity index (χ1v) is 12.5. The van der Waals surface area contributed by atoms with Gasteiger partial charge >= 0.3 is 6.36 Å². The first-order chi connectivity index (χ1) is 18.7. The molecular weight excluding hydrogens is 555 g/mol. The third-order valence-corrected chi connectivity index (χ3v) is 6.46. The second-order valence-corrected chi connectivity index (χ2v) is 9.35. The highest BCUT2D eigenvalue weighted by Crippen LogP contribution is 2.33. The van der Waals surface area contributed by atoms with E-state index in [1.807, 2.05) is 24.3 Å². The van der Waals surface area contributed by atoms with Crippen molar-refractivity contribution in [2.75, 3.05) is 10.6 Å². The van der Waals surface area contributed by atoms with E-state index < -0.39 is 12.3 Å². The van der Waals surface area contributed by atoms with Crippen molar-refractivity contribution in [3.63, 3.8) is 0 Å². The molecule has 198 valence electrons. The Kier molecular flexibility index (Phi) is 7.43. The lowest BCUT2D eigenvalue weighted by Gasteiger charge is -2.20. The number of amides is 1. The van der Waals surface area contributed by atoms with Gasteiger partial charge in [-0.1, -0.05) is 41.0 Å². The number of carbonyl (C=O) groups is 1. The van der Waals surface area contributed by atoms with Crippen LogP contribution in [0, 0.1) is 0 Å². The number of aromatic amines is 1. The molecule has 1 atom stereocenters. The summed E-state index contributed by atoms with van der Waals surface area (Å²) in [5.74, 6) is -0.640. The fraction of sp³-hybridized carbons (Fsp3) is 0.0800. The van der Waals surface area contributed by atoms with Crippen LogP contribution in [0.25, 0.3) is 11.3 Å². The lowest BCUT2D eigenvalue weighted by Crippen LogP contribution is -2.16. The van der Waals surface area contributed by atoms with E-state index in [0.717, 1.165) is 11.1 Å². The predicted molar refractivity (Wildman–Crippen MR) is 140 cm³/mol. The zero-order valence-electron chi connectivity index (χ0n) is 19.6. The number of rotatable bonds is 8. The van der Waals surface area contributed by atoms with Gasteiger partial charge in [-0.15, -0.1) is 29.6 Å². The highest BCUT2D eigenvalue weighted by Gasteiger charge is 2.31. The minimum absolute atomic E-state index is 0.0619. The van der Waals surface area contributed by atoms with Gasteiger partial charge in [0.1, 0.15) is 5.75 Å². The van der Waals surface area contributed by atoms with Gasteiger partial charge < -0.3 is 10.1 Å². The molecule has 0 aliphatic rings. The maximum atomic E-state index is 12.5. The monoisotopic (exact) mass is 571 g/mol. The van der Waals surface area contributed by atoms with Gasteiger partial charge in [0.15, 0.2) is 5.13 Å². The molecule has 0 radical (unpaired) electrons. The van der Waals surface area contributed by atoms with Gasteiger partial charge in [-0.3, -0.25) is 10.1 Å². The Hall–Kier alpha value is -4.49. The summed E-state index contributed by atoms with van der Waals surface area (Å²) in [5, 5.41) is 22.0. The highest BCUT2D eigenvalue weighted by molar-refractivity contribution is 7.14. The number of alkyl halides is 3. The van der Waals surface area contributed by atoms with Crippen molar-refractivity contribution in [3.8, 4) is 17.0 Å². The molecule has 9 nitrogen and oxygen atoms in total. The number of anilines is 2. The van der Waals surface area contributed by atoms with Crippen molar-refractivity contribution in [2.24, 2.45) is 0 Å². The van der Waals surface area contributed by atoms with Gasteiger partial charge in [-0.05, 0) is 64.9 Å².